The molecule has 0 saturated carbocycles. The van der Waals surface area contributed by atoms with E-state index in [0.29, 0.717) is 6.54 Å². The molecule has 41 heavy (non-hydrogen) atoms. The van der Waals surface area contributed by atoms with Crippen LogP contribution in [0.4, 0.5) is 0 Å². The molecule has 0 saturated heterocycles. The van der Waals surface area contributed by atoms with Gasteiger partial charge >= 0.3 is 0 Å². The number of amides is 1. The maximum atomic E-state index is 12.1. The molecule has 0 fully saturated rings. The van der Waals surface area contributed by atoms with E-state index in [1.807, 2.05) is 48.0 Å². The number of nitrogens with one attached hydrogen (secondary N) is 2. The molecule has 1 amide bonds. The molecule has 8 heteroatoms. The smallest absolute Gasteiger partial charge is 0.264 e. The Kier molecular flexibility index (Phi) is 9.60. The number of benzene rings is 4. The summed E-state index contributed by atoms with van der Waals surface area (Å²) in [5, 5.41) is 16.6. The van der Waals surface area contributed by atoms with Crippen LogP contribution in [-0.4, -0.2) is 50.5 Å². The number of rotatable bonds is 12. The molecular weight excluding hydrogens is 536 g/mol. The fourth-order valence-electron chi connectivity index (χ4n) is 4.86. The summed E-state index contributed by atoms with van der Waals surface area (Å²) in [5.41, 5.74) is 4.01. The summed E-state index contributed by atoms with van der Waals surface area (Å²) in [6, 6.07) is 29.4. The van der Waals surface area contributed by atoms with Crippen molar-refractivity contribution in [2.24, 2.45) is 0 Å². The number of aliphatic hydroxyl groups excluding tert-OH is 1. The van der Waals surface area contributed by atoms with Crippen LogP contribution in [0.3, 0.4) is 0 Å². The summed E-state index contributed by atoms with van der Waals surface area (Å²) < 4.78 is 30.8. The first-order chi connectivity index (χ1) is 19.4. The molecule has 0 bridgehead atoms. The Morgan fingerprint density at radius 3 is 2.29 bits per heavy atom. The van der Waals surface area contributed by atoms with Crippen LogP contribution in [0.25, 0.3) is 21.9 Å². The zero-order valence-electron chi connectivity index (χ0n) is 23.9. The summed E-state index contributed by atoms with van der Waals surface area (Å²) in [6.45, 7) is 6.76. The standard InChI is InChI=1S/C33H38N2O5S/c1-23(30-11-7-8-12-31(30)26-15-17-27(18-16-26)32(37)35-41(4,38)39)40-22-29(36)21-34-33(2,3)20-24-13-14-25-9-5-6-10-28(25)19-24/h5-19,23,29,34,36H,20-22H2,1-4H3,(H,35,37)/t23?,29-/m1/s1. The molecule has 0 spiro atoms. The van der Waals surface area contributed by atoms with Crippen LogP contribution in [0.5, 0.6) is 0 Å². The lowest BCUT2D eigenvalue weighted by atomic mass is 9.93. The van der Waals surface area contributed by atoms with E-state index in [4.69, 9.17) is 4.74 Å². The SMILES string of the molecule is CC(OC[C@H](O)CNC(C)(C)Cc1ccc2ccccc2c1)c1ccccc1-c1ccc(C(=O)NS(C)(=O)=O)cc1. The molecule has 3 N–H and O–H groups in total. The molecule has 216 valence electrons. The Morgan fingerprint density at radius 2 is 1.59 bits per heavy atom. The van der Waals surface area contributed by atoms with Crippen LogP contribution in [0, 0.1) is 0 Å². The van der Waals surface area contributed by atoms with E-state index in [1.54, 1.807) is 24.3 Å². The molecule has 4 aromatic rings. The topological polar surface area (TPSA) is 105 Å². The number of hydrogen-bond donors (Lipinski definition) is 3. The van der Waals surface area contributed by atoms with Crippen molar-refractivity contribution < 1.29 is 23.1 Å². The lowest BCUT2D eigenvalue weighted by Crippen LogP contribution is -2.46. The number of aliphatic hydroxyl groups is 1. The largest absolute Gasteiger partial charge is 0.389 e. The fraction of sp³-hybridized carbons (Fsp3) is 0.303. The quantitative estimate of drug-likeness (QED) is 0.214. The highest BCUT2D eigenvalue weighted by Crippen LogP contribution is 2.30. The lowest BCUT2D eigenvalue weighted by Gasteiger charge is -2.28. The van der Waals surface area contributed by atoms with Crippen molar-refractivity contribution in [1.82, 2.24) is 10.0 Å². The molecule has 0 radical (unpaired) electrons. The van der Waals surface area contributed by atoms with E-state index < -0.39 is 22.0 Å². The van der Waals surface area contributed by atoms with Gasteiger partial charge in [0.15, 0.2) is 0 Å². The van der Waals surface area contributed by atoms with E-state index in [1.165, 1.54) is 16.3 Å². The second kappa shape index (κ2) is 13.0. The Balaban J connectivity index is 1.32. The highest BCUT2D eigenvalue weighted by molar-refractivity contribution is 7.89. The van der Waals surface area contributed by atoms with Gasteiger partial charge in [0.1, 0.15) is 0 Å². The zero-order chi connectivity index (χ0) is 29.6. The Morgan fingerprint density at radius 1 is 0.927 bits per heavy atom. The van der Waals surface area contributed by atoms with Gasteiger partial charge < -0.3 is 15.2 Å². The molecule has 1 unspecified atom stereocenters. The zero-order valence-corrected chi connectivity index (χ0v) is 24.7. The van der Waals surface area contributed by atoms with Crippen LogP contribution in [-0.2, 0) is 21.2 Å². The van der Waals surface area contributed by atoms with Gasteiger partial charge in [0.05, 0.1) is 25.1 Å². The second-order valence-electron chi connectivity index (χ2n) is 11.1. The minimum Gasteiger partial charge on any atom is -0.389 e. The van der Waals surface area contributed by atoms with E-state index in [-0.39, 0.29) is 23.8 Å². The predicted octanol–water partition coefficient (Wildman–Crippen LogP) is 5.25. The maximum Gasteiger partial charge on any atom is 0.264 e. The Bertz CT molecular complexity index is 1600. The van der Waals surface area contributed by atoms with Crippen molar-refractivity contribution >= 4 is 26.7 Å². The van der Waals surface area contributed by atoms with Gasteiger partial charge in [0, 0.05) is 17.6 Å². The number of ether oxygens (including phenoxy) is 1. The van der Waals surface area contributed by atoms with Crippen LogP contribution in [0.2, 0.25) is 0 Å². The van der Waals surface area contributed by atoms with Gasteiger partial charge in [-0.1, -0.05) is 78.9 Å². The summed E-state index contributed by atoms with van der Waals surface area (Å²) in [5.74, 6) is -0.674. The molecule has 0 heterocycles. The molecule has 0 aliphatic rings. The first-order valence-corrected chi connectivity index (χ1v) is 15.5. The summed E-state index contributed by atoms with van der Waals surface area (Å²) in [4.78, 5) is 12.1. The molecule has 4 aromatic carbocycles. The number of fused-ring (bicyclic) bond motifs is 1. The third-order valence-electron chi connectivity index (χ3n) is 6.95. The first kappa shape index (κ1) is 30.4. The first-order valence-electron chi connectivity index (χ1n) is 13.6. The fourth-order valence-corrected chi connectivity index (χ4v) is 5.32. The highest BCUT2D eigenvalue weighted by Gasteiger charge is 2.21. The number of carbonyl (C=O) groups is 1. The predicted molar refractivity (Wildman–Crippen MR) is 164 cm³/mol. The van der Waals surface area contributed by atoms with Crippen molar-refractivity contribution in [1.29, 1.82) is 0 Å². The molecular formula is C33H38N2O5S. The summed E-state index contributed by atoms with van der Waals surface area (Å²) in [6.07, 6.45) is 0.786. The Hall–Kier alpha value is -3.56. The molecule has 0 aliphatic carbocycles. The normalized spacial score (nSPS) is 13.6. The van der Waals surface area contributed by atoms with Gasteiger partial charge in [-0.05, 0) is 72.4 Å². The summed E-state index contributed by atoms with van der Waals surface area (Å²) >= 11 is 0. The average molecular weight is 575 g/mol. The molecule has 2 atom stereocenters. The van der Waals surface area contributed by atoms with E-state index in [2.05, 4.69) is 49.5 Å². The number of hydrogen-bond acceptors (Lipinski definition) is 6. The van der Waals surface area contributed by atoms with Gasteiger partial charge in [-0.15, -0.1) is 0 Å². The van der Waals surface area contributed by atoms with Crippen molar-refractivity contribution in [3.63, 3.8) is 0 Å². The third kappa shape index (κ3) is 8.71. The molecule has 7 nitrogen and oxygen atoms in total. The van der Waals surface area contributed by atoms with E-state index in [9.17, 15) is 18.3 Å². The number of carbonyl (C=O) groups excluding carboxylic acids is 1. The minimum atomic E-state index is -3.64. The van der Waals surface area contributed by atoms with Crippen molar-refractivity contribution in [2.75, 3.05) is 19.4 Å². The number of sulfonamides is 1. The number of β-amino-alcohol motifs (C(OH)–C–C–N with tert-alkyl or cyclic N) is 1. The van der Waals surface area contributed by atoms with Crippen LogP contribution in [0.15, 0.2) is 91.0 Å². The minimum absolute atomic E-state index is 0.166. The van der Waals surface area contributed by atoms with E-state index >= 15 is 0 Å². The van der Waals surface area contributed by atoms with E-state index in [0.717, 1.165) is 29.4 Å². The van der Waals surface area contributed by atoms with Gasteiger partial charge in [-0.3, -0.25) is 4.79 Å². The highest BCUT2D eigenvalue weighted by atomic mass is 32.2. The van der Waals surface area contributed by atoms with Crippen LogP contribution >= 0.6 is 0 Å². The third-order valence-corrected chi connectivity index (χ3v) is 7.51. The maximum absolute atomic E-state index is 12.1. The second-order valence-corrected chi connectivity index (χ2v) is 12.9. The van der Waals surface area contributed by atoms with Gasteiger partial charge in [-0.2, -0.15) is 0 Å². The van der Waals surface area contributed by atoms with Gasteiger partial charge in [0.2, 0.25) is 10.0 Å². The molecule has 0 aliphatic heterocycles. The lowest BCUT2D eigenvalue weighted by molar-refractivity contribution is -0.00397. The van der Waals surface area contributed by atoms with Crippen molar-refractivity contribution in [3.8, 4) is 11.1 Å². The van der Waals surface area contributed by atoms with Gasteiger partial charge in [-0.25, -0.2) is 13.1 Å². The van der Waals surface area contributed by atoms with Gasteiger partial charge in [0.25, 0.3) is 5.91 Å². The van der Waals surface area contributed by atoms with Crippen molar-refractivity contribution in [2.45, 2.75) is 44.9 Å². The van der Waals surface area contributed by atoms with Crippen LogP contribution < -0.4 is 10.0 Å². The summed E-state index contributed by atoms with van der Waals surface area (Å²) in [7, 11) is -3.64. The van der Waals surface area contributed by atoms with Crippen LogP contribution in [0.1, 0.15) is 48.4 Å². The monoisotopic (exact) mass is 574 g/mol. The Labute approximate surface area is 242 Å². The molecule has 4 rings (SSSR count). The van der Waals surface area contributed by atoms with Crippen molar-refractivity contribution in [3.05, 3.63) is 108 Å². The molecule has 0 aromatic heterocycles. The average Bonchev–Trinajstić information content (AvgIpc) is 2.94.